The van der Waals surface area contributed by atoms with Gasteiger partial charge in [0.2, 0.25) is 0 Å². The number of nitrogens with one attached hydrogen (secondary N) is 1. The van der Waals surface area contributed by atoms with E-state index in [0.29, 0.717) is 0 Å². The highest BCUT2D eigenvalue weighted by Gasteiger charge is 2.33. The van der Waals surface area contributed by atoms with Crippen molar-refractivity contribution in [1.82, 2.24) is 5.32 Å². The fourth-order valence-electron chi connectivity index (χ4n) is 0.261. The number of hydrogen-bond acceptors (Lipinski definition) is 1. The van der Waals surface area contributed by atoms with Crippen molar-refractivity contribution >= 4 is 21.8 Å². The third kappa shape index (κ3) is 3.40. The van der Waals surface area contributed by atoms with Crippen LogP contribution in [0.3, 0.4) is 0 Å². The molecule has 0 aliphatic rings. The molecule has 0 unspecified atom stereocenters. The molecule has 0 heterocycles. The van der Waals surface area contributed by atoms with Gasteiger partial charge in [0.05, 0.1) is 0 Å². The van der Waals surface area contributed by atoms with Crippen LogP contribution in [0.2, 0.25) is 0 Å². The third-order valence-corrected chi connectivity index (χ3v) is 0.955. The Morgan fingerprint density at radius 1 is 1.78 bits per heavy atom. The maximum absolute atomic E-state index is 11.8. The summed E-state index contributed by atoms with van der Waals surface area (Å²) in [6, 6.07) is 0. The van der Waals surface area contributed by atoms with Crippen LogP contribution in [-0.2, 0) is 4.79 Å². The van der Waals surface area contributed by atoms with E-state index in [-0.39, 0.29) is 6.54 Å². The summed E-state index contributed by atoms with van der Waals surface area (Å²) >= 11 is 1.90. The Hall–Kier alpha value is -0.190. The highest BCUT2D eigenvalue weighted by molar-refractivity contribution is 9.10. The number of rotatable bonds is 2. The van der Waals surface area contributed by atoms with Gasteiger partial charge in [-0.1, -0.05) is 0 Å². The fraction of sp³-hybridized carbons (Fsp3) is 0.750. The fourth-order valence-corrected chi connectivity index (χ4v) is 0.401. The summed E-state index contributed by atoms with van der Waals surface area (Å²) in [7, 11) is 0. The lowest BCUT2D eigenvalue weighted by atomic mass is 10.6. The van der Waals surface area contributed by atoms with Crippen LogP contribution in [0.4, 0.5) is 8.78 Å². The summed E-state index contributed by atoms with van der Waals surface area (Å²) in [5.41, 5.74) is 0. The highest BCUT2D eigenvalue weighted by atomic mass is 79.9. The minimum absolute atomic E-state index is 0.208. The van der Waals surface area contributed by atoms with E-state index in [0.717, 1.165) is 0 Å². The van der Waals surface area contributed by atoms with Crippen molar-refractivity contribution in [3.63, 3.8) is 0 Å². The summed E-state index contributed by atoms with van der Waals surface area (Å²) < 4.78 is 23.6. The van der Waals surface area contributed by atoms with E-state index in [9.17, 15) is 13.6 Å². The van der Waals surface area contributed by atoms with Crippen LogP contribution < -0.4 is 5.32 Å². The Kier molecular flexibility index (Phi) is 3.03. The molecule has 0 spiro atoms. The van der Waals surface area contributed by atoms with Gasteiger partial charge in [-0.2, -0.15) is 8.78 Å². The molecule has 1 N–H and O–H groups in total. The lowest BCUT2D eigenvalue weighted by Gasteiger charge is -2.05. The predicted molar refractivity (Wildman–Crippen MR) is 32.6 cm³/mol. The average Bonchev–Trinajstić information content (AvgIpc) is 1.64. The number of carbonyl (C=O) groups excluding carboxylic acids is 1. The van der Waals surface area contributed by atoms with E-state index in [1.807, 2.05) is 21.2 Å². The Morgan fingerprint density at radius 3 is 2.33 bits per heavy atom. The predicted octanol–water partition coefficient (Wildman–Crippen LogP) is 1.11. The molecule has 0 bridgehead atoms. The van der Waals surface area contributed by atoms with Crippen molar-refractivity contribution in [3.8, 4) is 0 Å². The number of alkyl halides is 3. The third-order valence-electron chi connectivity index (χ3n) is 0.595. The van der Waals surface area contributed by atoms with Gasteiger partial charge in [0, 0.05) is 22.5 Å². The van der Waals surface area contributed by atoms with Crippen LogP contribution in [-0.4, -0.2) is 17.3 Å². The summed E-state index contributed by atoms with van der Waals surface area (Å²) in [6.45, 7) is 1.77. The quantitative estimate of drug-likeness (QED) is 0.667. The molecule has 5 heteroatoms. The van der Waals surface area contributed by atoms with Gasteiger partial charge in [0.15, 0.2) is 0 Å². The summed E-state index contributed by atoms with van der Waals surface area (Å²) in [6.07, 6.45) is 0. The maximum atomic E-state index is 11.8. The molecule has 0 aromatic carbocycles. The van der Waals surface area contributed by atoms with Crippen LogP contribution >= 0.6 is 15.9 Å². The van der Waals surface area contributed by atoms with Gasteiger partial charge < -0.3 is 5.32 Å². The minimum atomic E-state index is -3.43. The summed E-state index contributed by atoms with van der Waals surface area (Å²) in [5.74, 6) is -1.30. The van der Waals surface area contributed by atoms with E-state index < -0.39 is 10.7 Å². The van der Waals surface area contributed by atoms with E-state index in [1.165, 1.54) is 0 Å². The van der Waals surface area contributed by atoms with E-state index >= 15 is 0 Å². The van der Waals surface area contributed by atoms with Gasteiger partial charge in [-0.25, -0.2) is 0 Å². The molecule has 1 amide bonds. The van der Waals surface area contributed by atoms with Crippen molar-refractivity contribution in [3.05, 3.63) is 0 Å². The number of halogens is 3. The second-order valence-corrected chi connectivity index (χ2v) is 2.35. The van der Waals surface area contributed by atoms with E-state index in [4.69, 9.17) is 0 Å². The van der Waals surface area contributed by atoms with Gasteiger partial charge in [0.25, 0.3) is 0 Å². The maximum Gasteiger partial charge on any atom is 0.377 e. The molecule has 0 atom stereocenters. The van der Waals surface area contributed by atoms with Crippen molar-refractivity contribution < 1.29 is 13.6 Å². The molecule has 0 fully saturated rings. The SMILES string of the molecule is CCNC(=O)C(F)(F)Br. The molecule has 0 saturated heterocycles. The zero-order chi connectivity index (χ0) is 7.49. The van der Waals surface area contributed by atoms with Gasteiger partial charge in [0.1, 0.15) is 0 Å². The Bertz CT molecular complexity index is 112. The molecule has 0 rings (SSSR count). The Morgan fingerprint density at radius 2 is 2.22 bits per heavy atom. The van der Waals surface area contributed by atoms with Gasteiger partial charge in [-0.3, -0.25) is 4.79 Å². The van der Waals surface area contributed by atoms with Crippen molar-refractivity contribution in [2.75, 3.05) is 6.54 Å². The second kappa shape index (κ2) is 3.10. The molecular weight excluding hydrogens is 196 g/mol. The van der Waals surface area contributed by atoms with Crippen molar-refractivity contribution in [2.45, 2.75) is 11.8 Å². The van der Waals surface area contributed by atoms with Gasteiger partial charge in [-0.15, -0.1) is 0 Å². The largest absolute Gasteiger partial charge is 0.377 e. The lowest BCUT2D eigenvalue weighted by Crippen LogP contribution is -2.35. The van der Waals surface area contributed by atoms with Gasteiger partial charge >= 0.3 is 10.7 Å². The van der Waals surface area contributed by atoms with Crippen molar-refractivity contribution in [1.29, 1.82) is 0 Å². The summed E-state index contributed by atoms with van der Waals surface area (Å²) in [5, 5.41) is 1.95. The number of hydrogen-bond donors (Lipinski definition) is 1. The van der Waals surface area contributed by atoms with Gasteiger partial charge in [-0.05, 0) is 6.92 Å². The molecule has 0 aliphatic heterocycles. The molecular formula is C4H6BrF2NO. The molecule has 54 valence electrons. The first-order valence-electron chi connectivity index (χ1n) is 2.33. The van der Waals surface area contributed by atoms with Crippen LogP contribution in [0.25, 0.3) is 0 Å². The minimum Gasteiger partial charge on any atom is -0.350 e. The Labute approximate surface area is 59.7 Å². The number of amides is 1. The molecule has 0 radical (unpaired) electrons. The van der Waals surface area contributed by atoms with Crippen LogP contribution in [0.1, 0.15) is 6.92 Å². The lowest BCUT2D eigenvalue weighted by molar-refractivity contribution is -0.134. The average molecular weight is 202 g/mol. The smallest absolute Gasteiger partial charge is 0.350 e. The molecule has 0 saturated carbocycles. The topological polar surface area (TPSA) is 29.1 Å². The molecule has 0 aromatic heterocycles. The first kappa shape index (κ1) is 8.81. The summed E-state index contributed by atoms with van der Waals surface area (Å²) in [4.78, 5) is 6.73. The van der Waals surface area contributed by atoms with Crippen LogP contribution in [0.15, 0.2) is 0 Å². The zero-order valence-electron chi connectivity index (χ0n) is 4.75. The van der Waals surface area contributed by atoms with Crippen LogP contribution in [0, 0.1) is 0 Å². The first-order valence-corrected chi connectivity index (χ1v) is 3.12. The molecule has 0 aliphatic carbocycles. The number of carbonyl (C=O) groups is 1. The standard InChI is InChI=1S/C4H6BrF2NO/c1-2-8-3(9)4(5,6)7/h2H2,1H3,(H,8,9). The highest BCUT2D eigenvalue weighted by Crippen LogP contribution is 2.20. The normalized spacial score (nSPS) is 11.1. The van der Waals surface area contributed by atoms with Crippen molar-refractivity contribution in [2.24, 2.45) is 0 Å². The Balaban J connectivity index is 3.74. The van der Waals surface area contributed by atoms with Crippen LogP contribution in [0.5, 0.6) is 0 Å². The molecule has 2 nitrogen and oxygen atoms in total. The molecule has 0 aromatic rings. The first-order chi connectivity index (χ1) is 3.98. The monoisotopic (exact) mass is 201 g/mol. The second-order valence-electron chi connectivity index (χ2n) is 1.36. The van der Waals surface area contributed by atoms with E-state index in [2.05, 4.69) is 0 Å². The molecule has 9 heavy (non-hydrogen) atoms. The zero-order valence-corrected chi connectivity index (χ0v) is 6.34. The van der Waals surface area contributed by atoms with E-state index in [1.54, 1.807) is 6.92 Å².